The number of rotatable bonds is 5. The first-order valence-corrected chi connectivity index (χ1v) is 7.08. The summed E-state index contributed by atoms with van der Waals surface area (Å²) in [5.41, 5.74) is 0.796. The van der Waals surface area contributed by atoms with Crippen molar-refractivity contribution in [3.05, 3.63) is 41.9 Å². The van der Waals surface area contributed by atoms with E-state index in [4.69, 9.17) is 4.74 Å². The molecule has 1 aromatic rings. The Morgan fingerprint density at radius 3 is 1.86 bits per heavy atom. The second kappa shape index (κ2) is 9.87. The zero-order valence-electron chi connectivity index (χ0n) is 12.5. The summed E-state index contributed by atoms with van der Waals surface area (Å²) < 4.78 is 49.5. The number of halogens is 1. The summed E-state index contributed by atoms with van der Waals surface area (Å²) >= 11 is 0. The maximum absolute atomic E-state index is 12.7. The first-order chi connectivity index (χ1) is 10.3. The van der Waals surface area contributed by atoms with E-state index in [1.54, 1.807) is 0 Å². The molecule has 0 atom stereocenters. The Morgan fingerprint density at radius 1 is 1.05 bits per heavy atom. The van der Waals surface area contributed by atoms with Gasteiger partial charge in [0, 0.05) is 0 Å². The minimum atomic E-state index is -3.66. The number of hydrogen-bond acceptors (Lipinski definition) is 7. The Hall–Kier alpha value is -1.97. The number of esters is 1. The van der Waals surface area contributed by atoms with Gasteiger partial charge in [0.1, 0.15) is 11.4 Å². The molecule has 0 spiro atoms. The monoisotopic (exact) mass is 336 g/mol. The zero-order valence-corrected chi connectivity index (χ0v) is 13.3. The predicted octanol–water partition coefficient (Wildman–Crippen LogP) is 1.51. The van der Waals surface area contributed by atoms with Crippen molar-refractivity contribution in [2.45, 2.75) is 0 Å². The number of benzene rings is 1. The summed E-state index contributed by atoms with van der Waals surface area (Å²) in [4.78, 5) is 11.3. The van der Waals surface area contributed by atoms with E-state index in [2.05, 4.69) is 13.1 Å². The summed E-state index contributed by atoms with van der Waals surface area (Å²) in [5.74, 6) is -0.885. The summed E-state index contributed by atoms with van der Waals surface area (Å²) in [6.07, 6.45) is 1.26. The summed E-state index contributed by atoms with van der Waals surface area (Å²) in [7, 11) is 1.09. The standard InChI is InChI=1S/C11H11FO3.C2H6O4S/c1-14-7-10(11(13)15-2)8-3-5-9(12)6-4-8;1-5-7(3,4)6-2/h3-7H,1-2H3;1-2H3. The van der Waals surface area contributed by atoms with Crippen molar-refractivity contribution in [1.29, 1.82) is 0 Å². The van der Waals surface area contributed by atoms with Crippen molar-refractivity contribution in [2.75, 3.05) is 28.4 Å². The largest absolute Gasteiger partial charge is 0.503 e. The van der Waals surface area contributed by atoms with Crippen LogP contribution in [-0.4, -0.2) is 42.8 Å². The van der Waals surface area contributed by atoms with Gasteiger partial charge in [-0.05, 0) is 17.7 Å². The number of ether oxygens (including phenoxy) is 2. The lowest BCUT2D eigenvalue weighted by Gasteiger charge is -2.04. The van der Waals surface area contributed by atoms with Gasteiger partial charge in [0.15, 0.2) is 0 Å². The van der Waals surface area contributed by atoms with Crippen LogP contribution in [0.5, 0.6) is 0 Å². The van der Waals surface area contributed by atoms with Crippen LogP contribution in [-0.2, 0) is 33.0 Å². The van der Waals surface area contributed by atoms with Crippen molar-refractivity contribution < 1.29 is 35.4 Å². The first-order valence-electron chi connectivity index (χ1n) is 5.74. The molecule has 0 aliphatic heterocycles. The van der Waals surface area contributed by atoms with Gasteiger partial charge in [-0.2, -0.15) is 8.42 Å². The fourth-order valence-electron chi connectivity index (χ4n) is 1.16. The molecule has 0 fully saturated rings. The van der Waals surface area contributed by atoms with E-state index >= 15 is 0 Å². The topological polar surface area (TPSA) is 88.1 Å². The van der Waals surface area contributed by atoms with Gasteiger partial charge in [0.05, 0.1) is 34.7 Å². The van der Waals surface area contributed by atoms with Crippen molar-refractivity contribution in [3.8, 4) is 0 Å². The zero-order chi connectivity index (χ0) is 17.2. The van der Waals surface area contributed by atoms with Gasteiger partial charge in [-0.3, -0.25) is 8.37 Å². The average Bonchev–Trinajstić information content (AvgIpc) is 2.53. The minimum Gasteiger partial charge on any atom is -0.503 e. The molecule has 0 bridgehead atoms. The molecule has 1 aromatic carbocycles. The Kier molecular flexibility index (Phi) is 8.99. The molecule has 22 heavy (non-hydrogen) atoms. The molecular formula is C13H17FO7S. The Balaban J connectivity index is 0.000000534. The third-order valence-electron chi connectivity index (χ3n) is 2.20. The maximum Gasteiger partial charge on any atom is 0.399 e. The average molecular weight is 336 g/mol. The van der Waals surface area contributed by atoms with Gasteiger partial charge < -0.3 is 9.47 Å². The second-order valence-electron chi connectivity index (χ2n) is 3.51. The Morgan fingerprint density at radius 2 is 1.55 bits per heavy atom. The summed E-state index contributed by atoms with van der Waals surface area (Å²) in [5, 5.41) is 0. The van der Waals surface area contributed by atoms with E-state index in [9.17, 15) is 17.6 Å². The van der Waals surface area contributed by atoms with E-state index in [0.29, 0.717) is 5.56 Å². The van der Waals surface area contributed by atoms with Crippen LogP contribution in [0.25, 0.3) is 5.57 Å². The van der Waals surface area contributed by atoms with Crippen LogP contribution in [0.15, 0.2) is 30.5 Å². The molecule has 124 valence electrons. The van der Waals surface area contributed by atoms with E-state index in [-0.39, 0.29) is 11.4 Å². The second-order valence-corrected chi connectivity index (χ2v) is 4.99. The van der Waals surface area contributed by atoms with E-state index < -0.39 is 16.4 Å². The maximum atomic E-state index is 12.7. The lowest BCUT2D eigenvalue weighted by Crippen LogP contribution is -2.04. The van der Waals surface area contributed by atoms with Gasteiger partial charge >= 0.3 is 16.4 Å². The Labute approximate surface area is 128 Å². The van der Waals surface area contributed by atoms with Crippen molar-refractivity contribution >= 4 is 21.9 Å². The highest BCUT2D eigenvalue weighted by Crippen LogP contribution is 2.16. The van der Waals surface area contributed by atoms with Gasteiger partial charge in [-0.15, -0.1) is 0 Å². The SMILES string of the molecule is COC=C(C(=O)OC)c1ccc(F)cc1.COS(=O)(=O)OC. The number of carbonyl (C=O) groups excluding carboxylic acids is 1. The van der Waals surface area contributed by atoms with Crippen molar-refractivity contribution in [2.24, 2.45) is 0 Å². The van der Waals surface area contributed by atoms with Crippen LogP contribution >= 0.6 is 0 Å². The lowest BCUT2D eigenvalue weighted by atomic mass is 10.1. The summed E-state index contributed by atoms with van der Waals surface area (Å²) in [6.45, 7) is 0. The highest BCUT2D eigenvalue weighted by atomic mass is 32.3. The Bertz CT molecular complexity index is 583. The number of methoxy groups -OCH3 is 2. The molecule has 1 rings (SSSR count). The van der Waals surface area contributed by atoms with Crippen LogP contribution < -0.4 is 0 Å². The molecule has 0 saturated carbocycles. The highest BCUT2D eigenvalue weighted by Gasteiger charge is 2.12. The smallest absolute Gasteiger partial charge is 0.399 e. The molecule has 0 radical (unpaired) electrons. The number of carbonyl (C=O) groups is 1. The molecule has 0 unspecified atom stereocenters. The normalized spacial score (nSPS) is 11.2. The van der Waals surface area contributed by atoms with Crippen LogP contribution in [0, 0.1) is 5.82 Å². The number of hydrogen-bond donors (Lipinski definition) is 0. The van der Waals surface area contributed by atoms with Gasteiger partial charge in [-0.25, -0.2) is 9.18 Å². The fraction of sp³-hybridized carbons (Fsp3) is 0.308. The predicted molar refractivity (Wildman–Crippen MR) is 76.3 cm³/mol. The van der Waals surface area contributed by atoms with E-state index in [1.807, 2.05) is 0 Å². The van der Waals surface area contributed by atoms with Gasteiger partial charge in [-0.1, -0.05) is 12.1 Å². The molecule has 9 heteroatoms. The van der Waals surface area contributed by atoms with E-state index in [0.717, 1.165) is 14.2 Å². The molecule has 7 nitrogen and oxygen atoms in total. The van der Waals surface area contributed by atoms with Crippen LogP contribution in [0.4, 0.5) is 4.39 Å². The van der Waals surface area contributed by atoms with Crippen molar-refractivity contribution in [3.63, 3.8) is 0 Å². The molecular weight excluding hydrogens is 319 g/mol. The lowest BCUT2D eigenvalue weighted by molar-refractivity contribution is -0.133. The van der Waals surface area contributed by atoms with Crippen LogP contribution in [0.3, 0.4) is 0 Å². The van der Waals surface area contributed by atoms with Gasteiger partial charge in [0.2, 0.25) is 0 Å². The minimum absolute atomic E-state index is 0.250. The highest BCUT2D eigenvalue weighted by molar-refractivity contribution is 7.81. The van der Waals surface area contributed by atoms with Gasteiger partial charge in [0.25, 0.3) is 0 Å². The molecule has 0 aromatic heterocycles. The van der Waals surface area contributed by atoms with Crippen molar-refractivity contribution in [1.82, 2.24) is 0 Å². The van der Waals surface area contributed by atoms with Crippen LogP contribution in [0.1, 0.15) is 5.56 Å². The molecule has 0 aliphatic rings. The van der Waals surface area contributed by atoms with Crippen LogP contribution in [0.2, 0.25) is 0 Å². The molecule has 0 amide bonds. The molecule has 0 heterocycles. The fourth-order valence-corrected chi connectivity index (χ4v) is 1.30. The molecule has 0 saturated heterocycles. The third-order valence-corrected chi connectivity index (χ3v) is 3.02. The summed E-state index contributed by atoms with van der Waals surface area (Å²) in [6, 6.07) is 5.50. The first kappa shape index (κ1) is 20.0. The molecule has 0 aliphatic carbocycles. The quantitative estimate of drug-likeness (QED) is 0.457. The van der Waals surface area contributed by atoms with E-state index in [1.165, 1.54) is 44.7 Å². The molecule has 0 N–H and O–H groups in total. The third kappa shape index (κ3) is 7.16.